The minimum atomic E-state index is -4.46. The first-order chi connectivity index (χ1) is 16.2. The Balaban J connectivity index is 1.36. The van der Waals surface area contributed by atoms with E-state index in [-0.39, 0.29) is 41.8 Å². The topological polar surface area (TPSA) is 88.8 Å². The summed E-state index contributed by atoms with van der Waals surface area (Å²) >= 11 is 0. The van der Waals surface area contributed by atoms with Crippen molar-refractivity contribution in [2.75, 3.05) is 32.8 Å². The molecule has 0 N–H and O–H groups in total. The Labute approximate surface area is 195 Å². The summed E-state index contributed by atoms with van der Waals surface area (Å²) < 4.78 is 76.7. The summed E-state index contributed by atoms with van der Waals surface area (Å²) in [6, 6.07) is 11.0. The van der Waals surface area contributed by atoms with Gasteiger partial charge in [0.25, 0.3) is 0 Å². The molecule has 1 aliphatic rings. The number of hydrogen-bond donors (Lipinski definition) is 0. The van der Waals surface area contributed by atoms with Crippen molar-refractivity contribution in [3.63, 3.8) is 0 Å². The lowest BCUT2D eigenvalue weighted by Crippen LogP contribution is -2.48. The number of aromatic nitrogens is 2. The zero-order chi connectivity index (χ0) is 24.3. The van der Waals surface area contributed by atoms with Crippen LogP contribution in [0.3, 0.4) is 0 Å². The van der Waals surface area contributed by atoms with E-state index in [0.717, 1.165) is 12.1 Å². The third kappa shape index (κ3) is 5.40. The molecule has 1 fully saturated rings. The van der Waals surface area contributed by atoms with Crippen LogP contribution >= 0.6 is 0 Å². The van der Waals surface area contributed by atoms with Crippen LogP contribution in [0.1, 0.15) is 18.4 Å². The van der Waals surface area contributed by atoms with Crippen LogP contribution in [-0.2, 0) is 22.7 Å². The van der Waals surface area contributed by atoms with Crippen LogP contribution in [0.15, 0.2) is 57.9 Å². The van der Waals surface area contributed by atoms with Crippen molar-refractivity contribution in [2.45, 2.75) is 24.5 Å². The van der Waals surface area contributed by atoms with Crippen molar-refractivity contribution in [1.29, 1.82) is 0 Å². The molecule has 3 aromatic rings. The molecule has 1 aromatic heterocycles. The zero-order valence-electron chi connectivity index (χ0n) is 18.3. The largest absolute Gasteiger partial charge is 0.494 e. The van der Waals surface area contributed by atoms with Gasteiger partial charge in [-0.3, -0.25) is 4.90 Å². The summed E-state index contributed by atoms with van der Waals surface area (Å²) in [5, 5.41) is 3.79. The molecule has 34 heavy (non-hydrogen) atoms. The normalized spacial score (nSPS) is 16.0. The van der Waals surface area contributed by atoms with E-state index in [9.17, 15) is 21.6 Å². The van der Waals surface area contributed by atoms with E-state index in [2.05, 4.69) is 10.1 Å². The Morgan fingerprint density at radius 1 is 1.06 bits per heavy atom. The van der Waals surface area contributed by atoms with Gasteiger partial charge in [-0.05, 0) is 43.3 Å². The number of sulfonamides is 1. The number of ether oxygens (including phenoxy) is 1. The minimum Gasteiger partial charge on any atom is -0.494 e. The smallest absolute Gasteiger partial charge is 0.416 e. The fraction of sp³-hybridized carbons (Fsp3) is 0.364. The SMILES string of the molecule is CCOc1ccc(S(=O)(=O)N2CCN(Cc3nc(-c4cccc(C(F)(F)F)c4)no3)CC2)cc1. The molecular weight excluding hydrogens is 473 g/mol. The molecule has 0 spiro atoms. The molecule has 0 radical (unpaired) electrons. The fourth-order valence-corrected chi connectivity index (χ4v) is 5.04. The molecule has 4 rings (SSSR count). The highest BCUT2D eigenvalue weighted by Crippen LogP contribution is 2.31. The Hall–Kier alpha value is -2.96. The van der Waals surface area contributed by atoms with Crippen molar-refractivity contribution in [3.05, 3.63) is 60.0 Å². The molecule has 12 heteroatoms. The van der Waals surface area contributed by atoms with Crippen LogP contribution in [0.4, 0.5) is 13.2 Å². The Morgan fingerprint density at radius 2 is 1.76 bits per heavy atom. The van der Waals surface area contributed by atoms with E-state index in [1.165, 1.54) is 28.6 Å². The second kappa shape index (κ2) is 9.72. The third-order valence-corrected chi connectivity index (χ3v) is 7.29. The van der Waals surface area contributed by atoms with E-state index in [1.54, 1.807) is 12.1 Å². The first kappa shape index (κ1) is 24.2. The highest BCUT2D eigenvalue weighted by atomic mass is 32.2. The molecule has 1 saturated heterocycles. The fourth-order valence-electron chi connectivity index (χ4n) is 3.61. The standard InChI is InChI=1S/C22H23F3N4O4S/c1-2-32-18-6-8-19(9-7-18)34(30,31)29-12-10-28(11-13-29)15-20-26-21(27-33-20)16-4-3-5-17(14-16)22(23,24)25/h3-9,14H,2,10-13,15H2,1H3. The van der Waals surface area contributed by atoms with Gasteiger partial charge in [-0.15, -0.1) is 0 Å². The second-order valence-electron chi connectivity index (χ2n) is 7.67. The van der Waals surface area contributed by atoms with Crippen LogP contribution in [0.25, 0.3) is 11.4 Å². The lowest BCUT2D eigenvalue weighted by Gasteiger charge is -2.33. The van der Waals surface area contributed by atoms with Crippen LogP contribution in [0, 0.1) is 0 Å². The van der Waals surface area contributed by atoms with E-state index in [1.807, 2.05) is 11.8 Å². The number of benzene rings is 2. The number of hydrogen-bond acceptors (Lipinski definition) is 7. The summed E-state index contributed by atoms with van der Waals surface area (Å²) in [7, 11) is -3.63. The maximum absolute atomic E-state index is 12.9. The predicted molar refractivity (Wildman–Crippen MR) is 116 cm³/mol. The third-order valence-electron chi connectivity index (χ3n) is 5.38. The molecule has 0 unspecified atom stereocenters. The lowest BCUT2D eigenvalue weighted by molar-refractivity contribution is -0.137. The van der Waals surface area contributed by atoms with E-state index >= 15 is 0 Å². The van der Waals surface area contributed by atoms with Crippen molar-refractivity contribution < 1.29 is 30.8 Å². The monoisotopic (exact) mass is 496 g/mol. The summed E-state index contributed by atoms with van der Waals surface area (Å²) in [4.78, 5) is 6.36. The van der Waals surface area contributed by atoms with Gasteiger partial charge in [0.05, 0.1) is 23.6 Å². The maximum Gasteiger partial charge on any atom is 0.416 e. The number of rotatable bonds is 7. The number of halogens is 3. The molecule has 1 aliphatic heterocycles. The quantitative estimate of drug-likeness (QED) is 0.493. The van der Waals surface area contributed by atoms with Crippen LogP contribution in [-0.4, -0.2) is 60.5 Å². The molecule has 0 atom stereocenters. The molecule has 0 aliphatic carbocycles. The average molecular weight is 497 g/mol. The summed E-state index contributed by atoms with van der Waals surface area (Å²) in [6.07, 6.45) is -4.46. The van der Waals surface area contributed by atoms with Gasteiger partial charge in [-0.1, -0.05) is 17.3 Å². The van der Waals surface area contributed by atoms with Gasteiger partial charge in [0.15, 0.2) is 0 Å². The average Bonchev–Trinajstić information content (AvgIpc) is 3.28. The van der Waals surface area contributed by atoms with Crippen molar-refractivity contribution >= 4 is 10.0 Å². The summed E-state index contributed by atoms with van der Waals surface area (Å²) in [6.45, 7) is 4.06. The van der Waals surface area contributed by atoms with E-state index in [4.69, 9.17) is 9.26 Å². The first-order valence-corrected chi connectivity index (χ1v) is 12.1. The molecular formula is C22H23F3N4O4S. The van der Waals surface area contributed by atoms with Gasteiger partial charge in [0.2, 0.25) is 21.7 Å². The molecule has 0 amide bonds. The second-order valence-corrected chi connectivity index (χ2v) is 9.61. The van der Waals surface area contributed by atoms with Crippen LogP contribution in [0.2, 0.25) is 0 Å². The molecule has 2 aromatic carbocycles. The lowest BCUT2D eigenvalue weighted by atomic mass is 10.1. The van der Waals surface area contributed by atoms with Gasteiger partial charge < -0.3 is 9.26 Å². The van der Waals surface area contributed by atoms with Gasteiger partial charge in [-0.25, -0.2) is 8.42 Å². The molecule has 8 nitrogen and oxygen atoms in total. The first-order valence-electron chi connectivity index (χ1n) is 10.6. The highest BCUT2D eigenvalue weighted by molar-refractivity contribution is 7.89. The predicted octanol–water partition coefficient (Wildman–Crippen LogP) is 3.66. The van der Waals surface area contributed by atoms with Crippen molar-refractivity contribution in [3.8, 4) is 17.1 Å². The van der Waals surface area contributed by atoms with Gasteiger partial charge in [0.1, 0.15) is 5.75 Å². The Kier molecular flexibility index (Phi) is 6.91. The van der Waals surface area contributed by atoms with Crippen LogP contribution < -0.4 is 4.74 Å². The minimum absolute atomic E-state index is 0.0674. The van der Waals surface area contributed by atoms with E-state index in [0.29, 0.717) is 25.4 Å². The number of alkyl halides is 3. The van der Waals surface area contributed by atoms with Crippen molar-refractivity contribution in [2.24, 2.45) is 0 Å². The van der Waals surface area contributed by atoms with Crippen molar-refractivity contribution in [1.82, 2.24) is 19.3 Å². The van der Waals surface area contributed by atoms with E-state index < -0.39 is 21.8 Å². The molecule has 182 valence electrons. The summed E-state index contributed by atoms with van der Waals surface area (Å²) in [5.74, 6) is 0.920. The molecule has 0 bridgehead atoms. The number of piperazine rings is 1. The summed E-state index contributed by atoms with van der Waals surface area (Å²) in [5.41, 5.74) is -0.586. The number of nitrogens with zero attached hydrogens (tertiary/aromatic N) is 4. The van der Waals surface area contributed by atoms with Crippen LogP contribution in [0.5, 0.6) is 5.75 Å². The molecule has 2 heterocycles. The maximum atomic E-state index is 12.9. The Bertz CT molecular complexity index is 1220. The molecule has 0 saturated carbocycles. The van der Waals surface area contributed by atoms with Gasteiger partial charge >= 0.3 is 6.18 Å². The Morgan fingerprint density at radius 3 is 2.41 bits per heavy atom. The van der Waals surface area contributed by atoms with Gasteiger partial charge in [-0.2, -0.15) is 22.5 Å². The highest BCUT2D eigenvalue weighted by Gasteiger charge is 2.31. The zero-order valence-corrected chi connectivity index (χ0v) is 19.1. The van der Waals surface area contributed by atoms with Gasteiger partial charge in [0, 0.05) is 31.7 Å².